The van der Waals surface area contributed by atoms with E-state index in [2.05, 4.69) is 20.4 Å². The Kier molecular flexibility index (Phi) is 8.49. The van der Waals surface area contributed by atoms with Crippen LogP contribution in [0.1, 0.15) is 6.92 Å². The average molecular weight is 258 g/mol. The highest BCUT2D eigenvalue weighted by atomic mass is 15.2. The van der Waals surface area contributed by atoms with Crippen molar-refractivity contribution < 1.29 is 0 Å². The van der Waals surface area contributed by atoms with Crippen LogP contribution in [-0.4, -0.2) is 81.4 Å². The van der Waals surface area contributed by atoms with E-state index in [1.165, 1.54) is 0 Å². The molecule has 6 heteroatoms. The van der Waals surface area contributed by atoms with Crippen LogP contribution in [0.3, 0.4) is 0 Å². The van der Waals surface area contributed by atoms with Gasteiger partial charge in [-0.15, -0.1) is 0 Å². The van der Waals surface area contributed by atoms with E-state index < -0.39 is 0 Å². The van der Waals surface area contributed by atoms with Gasteiger partial charge >= 0.3 is 0 Å². The molecule has 2 saturated heterocycles. The van der Waals surface area contributed by atoms with Crippen molar-refractivity contribution in [1.82, 2.24) is 20.4 Å². The number of hydrogen-bond acceptors (Lipinski definition) is 6. The first-order chi connectivity index (χ1) is 8.74. The number of nitrogens with two attached hydrogens (primary N) is 2. The van der Waals surface area contributed by atoms with Gasteiger partial charge in [-0.3, -0.25) is 9.80 Å². The van der Waals surface area contributed by atoms with Crippen LogP contribution in [0.15, 0.2) is 0 Å². The average Bonchev–Trinajstić information content (AvgIpc) is 2.42. The van der Waals surface area contributed by atoms with E-state index in [0.29, 0.717) is 0 Å². The second kappa shape index (κ2) is 9.66. The van der Waals surface area contributed by atoms with Gasteiger partial charge < -0.3 is 22.1 Å². The fourth-order valence-electron chi connectivity index (χ4n) is 2.21. The number of rotatable bonds is 3. The van der Waals surface area contributed by atoms with E-state index in [1.807, 2.05) is 6.92 Å². The molecule has 2 rings (SSSR count). The Morgan fingerprint density at radius 1 is 1.00 bits per heavy atom. The summed E-state index contributed by atoms with van der Waals surface area (Å²) < 4.78 is 0. The number of piperazine rings is 2. The summed E-state index contributed by atoms with van der Waals surface area (Å²) in [4.78, 5) is 4.66. The van der Waals surface area contributed by atoms with Crippen molar-refractivity contribution in [1.29, 1.82) is 0 Å². The molecular formula is C12H30N6. The minimum atomic E-state index is 0.229. The van der Waals surface area contributed by atoms with Gasteiger partial charge in [-0.2, -0.15) is 0 Å². The number of nitrogens with one attached hydrogen (secondary N) is 2. The zero-order valence-electron chi connectivity index (χ0n) is 11.7. The standard InChI is InChI=1S/2C6H15N3/c1-6(7)9-4-2-8-3-5-9;7-1-4-9-5-2-8-3-6-9/h6,8H,2-5,7H2,1H3;8H,1-7H2. The van der Waals surface area contributed by atoms with E-state index in [4.69, 9.17) is 11.5 Å². The molecule has 0 radical (unpaired) electrons. The molecule has 0 bridgehead atoms. The van der Waals surface area contributed by atoms with Crippen LogP contribution in [0.5, 0.6) is 0 Å². The molecule has 0 amide bonds. The van der Waals surface area contributed by atoms with Crippen molar-refractivity contribution >= 4 is 0 Å². The van der Waals surface area contributed by atoms with Crippen LogP contribution in [-0.2, 0) is 0 Å². The van der Waals surface area contributed by atoms with Gasteiger partial charge in [0.25, 0.3) is 0 Å². The highest BCUT2D eigenvalue weighted by Crippen LogP contribution is 1.93. The number of nitrogens with zero attached hydrogens (tertiary/aromatic N) is 2. The van der Waals surface area contributed by atoms with E-state index in [1.54, 1.807) is 0 Å². The molecule has 0 aromatic carbocycles. The van der Waals surface area contributed by atoms with Gasteiger partial charge in [0.2, 0.25) is 0 Å². The predicted octanol–water partition coefficient (Wildman–Crippen LogP) is -1.95. The zero-order chi connectivity index (χ0) is 13.2. The summed E-state index contributed by atoms with van der Waals surface area (Å²) >= 11 is 0. The summed E-state index contributed by atoms with van der Waals surface area (Å²) in [5, 5.41) is 6.56. The van der Waals surface area contributed by atoms with Gasteiger partial charge in [0.1, 0.15) is 0 Å². The lowest BCUT2D eigenvalue weighted by molar-refractivity contribution is 0.188. The lowest BCUT2D eigenvalue weighted by Crippen LogP contribution is -2.50. The minimum Gasteiger partial charge on any atom is -0.329 e. The molecule has 0 saturated carbocycles. The molecule has 0 aromatic heterocycles. The van der Waals surface area contributed by atoms with Crippen LogP contribution in [0, 0.1) is 0 Å². The van der Waals surface area contributed by atoms with Gasteiger partial charge in [-0.25, -0.2) is 0 Å². The van der Waals surface area contributed by atoms with E-state index in [-0.39, 0.29) is 6.17 Å². The Labute approximate surface area is 111 Å². The Bertz CT molecular complexity index is 184. The molecule has 0 aliphatic carbocycles. The third-order valence-electron chi connectivity index (χ3n) is 3.38. The van der Waals surface area contributed by atoms with Crippen LogP contribution < -0.4 is 22.1 Å². The largest absolute Gasteiger partial charge is 0.329 e. The molecule has 1 atom stereocenters. The van der Waals surface area contributed by atoms with Crippen LogP contribution in [0.25, 0.3) is 0 Å². The third-order valence-corrected chi connectivity index (χ3v) is 3.38. The SMILES string of the molecule is CC(N)N1CCNCC1.NCCN1CCNCC1. The van der Waals surface area contributed by atoms with Crippen LogP contribution >= 0.6 is 0 Å². The zero-order valence-corrected chi connectivity index (χ0v) is 11.7. The maximum atomic E-state index is 5.67. The smallest absolute Gasteiger partial charge is 0.0543 e. The molecule has 6 nitrogen and oxygen atoms in total. The van der Waals surface area contributed by atoms with Crippen molar-refractivity contribution in [3.63, 3.8) is 0 Å². The lowest BCUT2D eigenvalue weighted by atomic mass is 10.3. The molecule has 2 aliphatic rings. The van der Waals surface area contributed by atoms with Crippen LogP contribution in [0.4, 0.5) is 0 Å². The maximum absolute atomic E-state index is 5.67. The summed E-state index contributed by atoms with van der Waals surface area (Å²) in [6.07, 6.45) is 0.229. The highest BCUT2D eigenvalue weighted by molar-refractivity contribution is 4.69. The van der Waals surface area contributed by atoms with Gasteiger partial charge in [-0.05, 0) is 6.92 Å². The molecule has 0 spiro atoms. The topological polar surface area (TPSA) is 82.6 Å². The molecule has 2 fully saturated rings. The minimum absolute atomic E-state index is 0.229. The molecule has 6 N–H and O–H groups in total. The third kappa shape index (κ3) is 6.63. The quantitative estimate of drug-likeness (QED) is 0.471. The molecule has 18 heavy (non-hydrogen) atoms. The summed E-state index contributed by atoms with van der Waals surface area (Å²) in [5.74, 6) is 0. The fraction of sp³-hybridized carbons (Fsp3) is 1.00. The molecule has 1 unspecified atom stereocenters. The van der Waals surface area contributed by atoms with E-state index in [0.717, 1.165) is 65.4 Å². The first-order valence-corrected chi connectivity index (χ1v) is 7.07. The van der Waals surface area contributed by atoms with Crippen molar-refractivity contribution in [2.45, 2.75) is 13.1 Å². The molecule has 2 aliphatic heterocycles. The monoisotopic (exact) mass is 258 g/mol. The maximum Gasteiger partial charge on any atom is 0.0543 e. The predicted molar refractivity (Wildman–Crippen MR) is 76.5 cm³/mol. The van der Waals surface area contributed by atoms with Crippen LogP contribution in [0.2, 0.25) is 0 Å². The molecule has 2 heterocycles. The van der Waals surface area contributed by atoms with Crippen molar-refractivity contribution in [2.24, 2.45) is 11.5 Å². The summed E-state index contributed by atoms with van der Waals surface area (Å²) in [7, 11) is 0. The lowest BCUT2D eigenvalue weighted by Gasteiger charge is -2.30. The van der Waals surface area contributed by atoms with Crippen molar-refractivity contribution in [3.8, 4) is 0 Å². The highest BCUT2D eigenvalue weighted by Gasteiger charge is 2.11. The fourth-order valence-corrected chi connectivity index (χ4v) is 2.21. The molecule has 0 aromatic rings. The Balaban J connectivity index is 0.000000180. The van der Waals surface area contributed by atoms with Gasteiger partial charge in [0.15, 0.2) is 0 Å². The normalized spacial score (nSPS) is 24.2. The van der Waals surface area contributed by atoms with E-state index >= 15 is 0 Å². The Morgan fingerprint density at radius 3 is 1.89 bits per heavy atom. The molecular weight excluding hydrogens is 228 g/mol. The number of hydrogen-bond donors (Lipinski definition) is 4. The Hall–Kier alpha value is -0.240. The summed E-state index contributed by atoms with van der Waals surface area (Å²) in [6, 6.07) is 0. The van der Waals surface area contributed by atoms with Gasteiger partial charge in [0.05, 0.1) is 6.17 Å². The van der Waals surface area contributed by atoms with Gasteiger partial charge in [-0.1, -0.05) is 0 Å². The summed E-state index contributed by atoms with van der Waals surface area (Å²) in [5.41, 5.74) is 11.1. The Morgan fingerprint density at radius 2 is 1.50 bits per heavy atom. The second-order valence-electron chi connectivity index (χ2n) is 4.91. The summed E-state index contributed by atoms with van der Waals surface area (Å²) in [6.45, 7) is 12.8. The first kappa shape index (κ1) is 15.8. The van der Waals surface area contributed by atoms with Gasteiger partial charge in [0, 0.05) is 65.4 Å². The van der Waals surface area contributed by atoms with Crippen molar-refractivity contribution in [2.75, 3.05) is 65.4 Å². The van der Waals surface area contributed by atoms with Crippen molar-refractivity contribution in [3.05, 3.63) is 0 Å². The van der Waals surface area contributed by atoms with E-state index in [9.17, 15) is 0 Å². The second-order valence-corrected chi connectivity index (χ2v) is 4.91. The molecule has 108 valence electrons. The first-order valence-electron chi connectivity index (χ1n) is 7.07.